The zero-order chi connectivity index (χ0) is 13.3. The molecule has 10 heteroatoms. The fourth-order valence-electron chi connectivity index (χ4n) is 1.47. The van der Waals surface area contributed by atoms with Crippen molar-refractivity contribution in [2.45, 2.75) is 17.7 Å². The Bertz CT molecular complexity index is 494. The molecule has 0 radical (unpaired) electrons. The van der Waals surface area contributed by atoms with Crippen LogP contribution in [0, 0.1) is 0 Å². The van der Waals surface area contributed by atoms with Crippen molar-refractivity contribution in [1.29, 1.82) is 0 Å². The summed E-state index contributed by atoms with van der Waals surface area (Å²) in [7, 11) is -7.43. The Hall–Kier alpha value is -0.710. The second-order valence-electron chi connectivity index (χ2n) is 3.76. The van der Waals surface area contributed by atoms with E-state index in [-0.39, 0.29) is 12.2 Å². The summed E-state index contributed by atoms with van der Waals surface area (Å²) in [6.07, 6.45) is -0.0601. The number of aliphatic carboxylic acids is 1. The molecule has 1 saturated heterocycles. The normalized spacial score (nSPS) is 25.6. The summed E-state index contributed by atoms with van der Waals surface area (Å²) in [5.74, 6) is -2.26. The van der Waals surface area contributed by atoms with Crippen LogP contribution in [0.5, 0.6) is 0 Å². The zero-order valence-corrected chi connectivity index (χ0v) is 10.4. The summed E-state index contributed by atoms with van der Waals surface area (Å²) in [6, 6.07) is -1.65. The van der Waals surface area contributed by atoms with Gasteiger partial charge in [0.1, 0.15) is 6.04 Å². The maximum Gasteiger partial charge on any atom is 0.324 e. The molecule has 0 aromatic carbocycles. The van der Waals surface area contributed by atoms with E-state index in [1.807, 2.05) is 0 Å². The number of carboxylic acid groups (broad SMARTS) is 1. The van der Waals surface area contributed by atoms with Gasteiger partial charge in [-0.2, -0.15) is 4.72 Å². The molecular formula is C7H13NO7S2. The number of hydrogen-bond donors (Lipinski definition) is 3. The summed E-state index contributed by atoms with van der Waals surface area (Å²) in [5.41, 5.74) is 0. The molecule has 17 heavy (non-hydrogen) atoms. The summed E-state index contributed by atoms with van der Waals surface area (Å²) in [5, 5.41) is 16.1. The van der Waals surface area contributed by atoms with Crippen molar-refractivity contribution < 1.29 is 31.8 Å². The molecule has 0 aliphatic carbocycles. The highest BCUT2D eigenvalue weighted by Gasteiger charge is 2.38. The van der Waals surface area contributed by atoms with Crippen molar-refractivity contribution in [1.82, 2.24) is 4.72 Å². The first-order valence-corrected chi connectivity index (χ1v) is 8.10. The molecule has 1 fully saturated rings. The third kappa shape index (κ3) is 3.63. The second-order valence-corrected chi connectivity index (χ2v) is 7.98. The van der Waals surface area contributed by atoms with E-state index in [1.54, 1.807) is 4.72 Å². The van der Waals surface area contributed by atoms with Crippen LogP contribution >= 0.6 is 0 Å². The molecule has 100 valence electrons. The van der Waals surface area contributed by atoms with Crippen molar-refractivity contribution in [2.75, 3.05) is 18.1 Å². The average Bonchev–Trinajstić information content (AvgIpc) is 2.55. The molecule has 1 unspecified atom stereocenters. The zero-order valence-electron chi connectivity index (χ0n) is 8.74. The molecule has 0 aromatic heterocycles. The van der Waals surface area contributed by atoms with Gasteiger partial charge < -0.3 is 10.2 Å². The monoisotopic (exact) mass is 287 g/mol. The Morgan fingerprint density at radius 3 is 2.41 bits per heavy atom. The van der Waals surface area contributed by atoms with Gasteiger partial charge >= 0.3 is 5.97 Å². The Kier molecular flexibility index (Phi) is 4.12. The first kappa shape index (κ1) is 14.4. The van der Waals surface area contributed by atoms with Crippen molar-refractivity contribution >= 4 is 25.8 Å². The molecule has 1 aliphatic heterocycles. The summed E-state index contributed by atoms with van der Waals surface area (Å²) in [6.45, 7) is -0.895. The number of sulfonamides is 1. The van der Waals surface area contributed by atoms with E-state index in [2.05, 4.69) is 0 Å². The lowest BCUT2D eigenvalue weighted by atomic mass is 10.3. The standard InChI is InChI=1S/C7H13NO7S2/c9-3-6(7(10)11)8-17(14,15)5-1-2-16(12,13)4-5/h5-6,8-9H,1-4H2,(H,10,11)/t5?,6-/m1/s1. The third-order valence-corrected chi connectivity index (χ3v) is 6.29. The van der Waals surface area contributed by atoms with Gasteiger partial charge in [0, 0.05) is 0 Å². The van der Waals surface area contributed by atoms with E-state index >= 15 is 0 Å². The van der Waals surface area contributed by atoms with Crippen molar-refractivity contribution in [3.8, 4) is 0 Å². The highest BCUT2D eigenvalue weighted by Crippen LogP contribution is 2.18. The molecule has 0 aromatic rings. The van der Waals surface area contributed by atoms with Gasteiger partial charge in [-0.05, 0) is 6.42 Å². The Labute approximate surface area is 98.6 Å². The topological polar surface area (TPSA) is 138 Å². The van der Waals surface area contributed by atoms with Gasteiger partial charge in [-0.3, -0.25) is 4.79 Å². The van der Waals surface area contributed by atoms with Crippen molar-refractivity contribution in [2.24, 2.45) is 0 Å². The fourth-order valence-corrected chi connectivity index (χ4v) is 5.69. The third-order valence-electron chi connectivity index (χ3n) is 2.42. The first-order chi connectivity index (χ1) is 7.68. The number of sulfone groups is 1. The van der Waals surface area contributed by atoms with Crippen LogP contribution in [0.1, 0.15) is 6.42 Å². The highest BCUT2D eigenvalue weighted by molar-refractivity contribution is 7.95. The lowest BCUT2D eigenvalue weighted by Gasteiger charge is -2.15. The molecule has 0 bridgehead atoms. The van der Waals surface area contributed by atoms with Crippen LogP contribution in [0.2, 0.25) is 0 Å². The van der Waals surface area contributed by atoms with Gasteiger partial charge in [-0.15, -0.1) is 0 Å². The molecule has 1 aliphatic rings. The van der Waals surface area contributed by atoms with Gasteiger partial charge in [0.25, 0.3) is 0 Å². The van der Waals surface area contributed by atoms with Gasteiger partial charge in [-0.25, -0.2) is 16.8 Å². The van der Waals surface area contributed by atoms with Crippen LogP contribution in [0.25, 0.3) is 0 Å². The molecule has 0 saturated carbocycles. The minimum Gasteiger partial charge on any atom is -0.480 e. The van der Waals surface area contributed by atoms with E-state index in [0.29, 0.717) is 0 Å². The molecule has 1 heterocycles. The number of carbonyl (C=O) groups is 1. The Morgan fingerprint density at radius 1 is 1.47 bits per heavy atom. The molecule has 0 spiro atoms. The molecule has 0 amide bonds. The van der Waals surface area contributed by atoms with E-state index in [9.17, 15) is 21.6 Å². The molecule has 2 atom stereocenters. The number of carboxylic acids is 1. The number of aliphatic hydroxyl groups is 1. The van der Waals surface area contributed by atoms with Crippen LogP contribution < -0.4 is 4.72 Å². The van der Waals surface area contributed by atoms with Gasteiger partial charge in [0.05, 0.1) is 23.4 Å². The second kappa shape index (κ2) is 4.88. The van der Waals surface area contributed by atoms with Crippen LogP contribution in [-0.4, -0.2) is 62.4 Å². The van der Waals surface area contributed by atoms with E-state index in [1.165, 1.54) is 0 Å². The summed E-state index contributed by atoms with van der Waals surface area (Å²) in [4.78, 5) is 10.5. The van der Waals surface area contributed by atoms with Crippen LogP contribution in [-0.2, 0) is 24.7 Å². The Balaban J connectivity index is 2.80. The number of rotatable bonds is 5. The Morgan fingerprint density at radius 2 is 2.06 bits per heavy atom. The van der Waals surface area contributed by atoms with Crippen molar-refractivity contribution in [3.05, 3.63) is 0 Å². The number of hydrogen-bond acceptors (Lipinski definition) is 6. The predicted octanol–water partition coefficient (Wildman–Crippen LogP) is -2.46. The predicted molar refractivity (Wildman–Crippen MR) is 57.6 cm³/mol. The fraction of sp³-hybridized carbons (Fsp3) is 0.857. The maximum atomic E-state index is 11.6. The smallest absolute Gasteiger partial charge is 0.324 e. The van der Waals surface area contributed by atoms with E-state index < -0.39 is 49.5 Å². The lowest BCUT2D eigenvalue weighted by Crippen LogP contribution is -2.47. The molecule has 3 N–H and O–H groups in total. The SMILES string of the molecule is O=C(O)[C@@H](CO)NS(=O)(=O)C1CCS(=O)(=O)C1. The van der Waals surface area contributed by atoms with Gasteiger partial charge in [-0.1, -0.05) is 0 Å². The van der Waals surface area contributed by atoms with Crippen LogP contribution in [0.15, 0.2) is 0 Å². The van der Waals surface area contributed by atoms with Crippen molar-refractivity contribution in [3.63, 3.8) is 0 Å². The van der Waals surface area contributed by atoms with E-state index in [4.69, 9.17) is 10.2 Å². The molecular weight excluding hydrogens is 274 g/mol. The largest absolute Gasteiger partial charge is 0.480 e. The average molecular weight is 287 g/mol. The highest BCUT2D eigenvalue weighted by atomic mass is 32.2. The van der Waals surface area contributed by atoms with E-state index in [0.717, 1.165) is 0 Å². The van der Waals surface area contributed by atoms with Gasteiger partial charge in [0.15, 0.2) is 9.84 Å². The molecule has 1 rings (SSSR count). The lowest BCUT2D eigenvalue weighted by molar-refractivity contribution is -0.139. The minimum atomic E-state index is -4.06. The summed E-state index contributed by atoms with van der Waals surface area (Å²) < 4.78 is 47.3. The number of nitrogens with one attached hydrogen (secondary N) is 1. The quantitative estimate of drug-likeness (QED) is 0.509. The first-order valence-electron chi connectivity index (χ1n) is 4.73. The van der Waals surface area contributed by atoms with Gasteiger partial charge in [0.2, 0.25) is 10.0 Å². The summed E-state index contributed by atoms with van der Waals surface area (Å²) >= 11 is 0. The maximum absolute atomic E-state index is 11.6. The minimum absolute atomic E-state index is 0.0601. The van der Waals surface area contributed by atoms with Crippen LogP contribution in [0.4, 0.5) is 0 Å². The van der Waals surface area contributed by atoms with Crippen LogP contribution in [0.3, 0.4) is 0 Å². The molecule has 8 nitrogen and oxygen atoms in total. The number of aliphatic hydroxyl groups excluding tert-OH is 1.